The zero-order chi connectivity index (χ0) is 26.6. The highest BCUT2D eigenvalue weighted by molar-refractivity contribution is 7.92. The van der Waals surface area contributed by atoms with Crippen molar-refractivity contribution >= 4 is 39.1 Å². The summed E-state index contributed by atoms with van der Waals surface area (Å²) in [4.78, 5) is 27.6. The van der Waals surface area contributed by atoms with Crippen molar-refractivity contribution in [1.82, 2.24) is 10.2 Å². The van der Waals surface area contributed by atoms with Gasteiger partial charge in [-0.15, -0.1) is 0 Å². The quantitative estimate of drug-likeness (QED) is 0.537. The second-order valence-corrected chi connectivity index (χ2v) is 11.5. The molecule has 0 bridgehead atoms. The van der Waals surface area contributed by atoms with Crippen LogP contribution in [0.25, 0.3) is 0 Å². The number of hydrogen-bond donors (Lipinski definition) is 1. The fourth-order valence-electron chi connectivity index (χ4n) is 3.32. The molecule has 0 spiro atoms. The Bertz CT molecular complexity index is 1180. The molecule has 8 nitrogen and oxygen atoms in total. The van der Waals surface area contributed by atoms with Gasteiger partial charge in [0.15, 0.2) is 0 Å². The van der Waals surface area contributed by atoms with Crippen LogP contribution in [0.1, 0.15) is 33.3 Å². The van der Waals surface area contributed by atoms with Crippen LogP contribution >= 0.6 is 11.6 Å². The molecule has 1 N–H and O–H groups in total. The Kier molecular flexibility index (Phi) is 9.13. The van der Waals surface area contributed by atoms with Gasteiger partial charge in [-0.05, 0) is 52.0 Å². The van der Waals surface area contributed by atoms with Gasteiger partial charge in [-0.3, -0.25) is 13.9 Å². The summed E-state index contributed by atoms with van der Waals surface area (Å²) in [7, 11) is -2.62. The number of nitrogens with one attached hydrogen (secondary N) is 1. The zero-order valence-corrected chi connectivity index (χ0v) is 22.2. The van der Waals surface area contributed by atoms with Crippen molar-refractivity contribution in [3.8, 4) is 5.75 Å². The number of carbonyl (C=O) groups excluding carboxylic acids is 2. The van der Waals surface area contributed by atoms with Gasteiger partial charge in [0, 0.05) is 22.7 Å². The first-order valence-electron chi connectivity index (χ1n) is 10.8. The van der Waals surface area contributed by atoms with E-state index in [2.05, 4.69) is 5.32 Å². The zero-order valence-electron chi connectivity index (χ0n) is 20.6. The first-order chi connectivity index (χ1) is 16.1. The number of halogens is 2. The van der Waals surface area contributed by atoms with E-state index < -0.39 is 45.8 Å². The van der Waals surface area contributed by atoms with Gasteiger partial charge < -0.3 is 15.0 Å². The van der Waals surface area contributed by atoms with Gasteiger partial charge in [-0.1, -0.05) is 29.8 Å². The number of carbonyl (C=O) groups is 2. The summed E-state index contributed by atoms with van der Waals surface area (Å²) in [6.07, 6.45) is 0.942. The summed E-state index contributed by atoms with van der Waals surface area (Å²) in [5.41, 5.74) is -0.332. The number of ether oxygens (including phenoxy) is 1. The van der Waals surface area contributed by atoms with E-state index in [1.165, 1.54) is 50.4 Å². The Labute approximate surface area is 211 Å². The van der Waals surface area contributed by atoms with E-state index >= 15 is 0 Å². The minimum absolute atomic E-state index is 0.0634. The predicted molar refractivity (Wildman–Crippen MR) is 135 cm³/mol. The smallest absolute Gasteiger partial charge is 0.244 e. The molecular formula is C24H31ClFN3O5S. The minimum Gasteiger partial charge on any atom is -0.495 e. The molecule has 0 saturated carbocycles. The third-order valence-corrected chi connectivity index (χ3v) is 6.41. The van der Waals surface area contributed by atoms with Crippen LogP contribution in [0.5, 0.6) is 5.75 Å². The lowest BCUT2D eigenvalue weighted by Gasteiger charge is -2.33. The Balaban J connectivity index is 2.49. The SMILES string of the molecule is COc1ccc(Cl)cc1N(CC(=O)N(Cc1ccccc1F)[C@@H](C)C(=O)NC(C)(C)C)S(C)(=O)=O. The molecule has 0 aliphatic heterocycles. The first-order valence-corrected chi connectivity index (χ1v) is 13.0. The van der Waals surface area contributed by atoms with Gasteiger partial charge in [0.25, 0.3) is 0 Å². The van der Waals surface area contributed by atoms with Crippen LogP contribution in [0, 0.1) is 5.82 Å². The summed E-state index contributed by atoms with van der Waals surface area (Å²) in [6, 6.07) is 9.22. The monoisotopic (exact) mass is 527 g/mol. The number of sulfonamides is 1. The average Bonchev–Trinajstić information content (AvgIpc) is 2.74. The molecule has 0 aromatic heterocycles. The van der Waals surface area contributed by atoms with Crippen molar-refractivity contribution in [3.05, 3.63) is 58.9 Å². The van der Waals surface area contributed by atoms with Gasteiger partial charge in [0.2, 0.25) is 21.8 Å². The number of hydrogen-bond acceptors (Lipinski definition) is 5. The molecule has 0 radical (unpaired) electrons. The van der Waals surface area contributed by atoms with Gasteiger partial charge in [-0.2, -0.15) is 0 Å². The van der Waals surface area contributed by atoms with Crippen LogP contribution < -0.4 is 14.4 Å². The predicted octanol–water partition coefficient (Wildman–Crippen LogP) is 3.59. The Morgan fingerprint density at radius 3 is 2.34 bits per heavy atom. The van der Waals surface area contributed by atoms with Crippen LogP contribution in [0.15, 0.2) is 42.5 Å². The van der Waals surface area contributed by atoms with Crippen molar-refractivity contribution in [2.45, 2.75) is 45.8 Å². The molecule has 0 saturated heterocycles. The molecule has 35 heavy (non-hydrogen) atoms. The van der Waals surface area contributed by atoms with Crippen molar-refractivity contribution in [2.75, 3.05) is 24.2 Å². The van der Waals surface area contributed by atoms with Gasteiger partial charge in [0.1, 0.15) is 24.2 Å². The largest absolute Gasteiger partial charge is 0.495 e. The van der Waals surface area contributed by atoms with Crippen molar-refractivity contribution < 1.29 is 27.1 Å². The van der Waals surface area contributed by atoms with E-state index in [0.29, 0.717) is 0 Å². The Morgan fingerprint density at radius 2 is 1.80 bits per heavy atom. The summed E-state index contributed by atoms with van der Waals surface area (Å²) in [5, 5.41) is 3.04. The van der Waals surface area contributed by atoms with E-state index in [1.807, 2.05) is 0 Å². The summed E-state index contributed by atoms with van der Waals surface area (Å²) in [6.45, 7) is 5.97. The van der Waals surface area contributed by atoms with Crippen LogP contribution in [0.3, 0.4) is 0 Å². The second-order valence-electron chi connectivity index (χ2n) is 9.11. The van der Waals surface area contributed by atoms with E-state index in [4.69, 9.17) is 16.3 Å². The molecule has 11 heteroatoms. The maximum Gasteiger partial charge on any atom is 0.244 e. The lowest BCUT2D eigenvalue weighted by atomic mass is 10.1. The van der Waals surface area contributed by atoms with Crippen molar-refractivity contribution in [3.63, 3.8) is 0 Å². The summed E-state index contributed by atoms with van der Waals surface area (Å²) >= 11 is 6.08. The normalized spacial score (nSPS) is 12.6. The first kappa shape index (κ1) is 28.4. The Morgan fingerprint density at radius 1 is 1.17 bits per heavy atom. The minimum atomic E-state index is -3.98. The molecule has 1 atom stereocenters. The standard InChI is InChI=1S/C24H31ClFN3O5S/c1-16(23(31)27-24(2,3)4)28(14-17-9-7-8-10-19(17)26)22(30)15-29(35(6,32)33)20-13-18(25)11-12-21(20)34-5/h7-13,16H,14-15H2,1-6H3,(H,27,31)/t16-/m0/s1. The molecule has 2 rings (SSSR count). The molecule has 0 aliphatic carbocycles. The highest BCUT2D eigenvalue weighted by Gasteiger charge is 2.32. The fourth-order valence-corrected chi connectivity index (χ4v) is 4.33. The average molecular weight is 528 g/mol. The second kappa shape index (κ2) is 11.3. The number of nitrogens with zero attached hydrogens (tertiary/aromatic N) is 2. The van der Waals surface area contributed by atoms with Crippen molar-refractivity contribution in [2.24, 2.45) is 0 Å². The molecule has 0 unspecified atom stereocenters. The van der Waals surface area contributed by atoms with Crippen LogP contribution in [0.2, 0.25) is 5.02 Å². The van der Waals surface area contributed by atoms with Gasteiger partial charge >= 0.3 is 0 Å². The third-order valence-electron chi connectivity index (χ3n) is 5.05. The van der Waals surface area contributed by atoms with E-state index in [9.17, 15) is 22.4 Å². The molecule has 192 valence electrons. The van der Waals surface area contributed by atoms with E-state index in [-0.39, 0.29) is 28.6 Å². The maximum absolute atomic E-state index is 14.4. The molecule has 2 aromatic rings. The molecule has 2 aromatic carbocycles. The number of rotatable bonds is 9. The van der Waals surface area contributed by atoms with E-state index in [0.717, 1.165) is 15.5 Å². The number of amides is 2. The maximum atomic E-state index is 14.4. The molecular weight excluding hydrogens is 497 g/mol. The van der Waals surface area contributed by atoms with Gasteiger partial charge in [0.05, 0.1) is 19.1 Å². The number of methoxy groups -OCH3 is 1. The molecule has 0 heterocycles. The Hall–Kier alpha value is -2.85. The van der Waals surface area contributed by atoms with Crippen molar-refractivity contribution in [1.29, 1.82) is 0 Å². The number of anilines is 1. The van der Waals surface area contributed by atoms with Crippen LogP contribution in [0.4, 0.5) is 10.1 Å². The highest BCUT2D eigenvalue weighted by atomic mass is 35.5. The lowest BCUT2D eigenvalue weighted by molar-refractivity contribution is -0.140. The fraction of sp³-hybridized carbons (Fsp3) is 0.417. The number of benzene rings is 2. The summed E-state index contributed by atoms with van der Waals surface area (Å²) < 4.78 is 45.9. The topological polar surface area (TPSA) is 96.0 Å². The lowest BCUT2D eigenvalue weighted by Crippen LogP contribution is -2.54. The molecule has 0 aliphatic rings. The summed E-state index contributed by atoms with van der Waals surface area (Å²) in [5.74, 6) is -1.54. The van der Waals surface area contributed by atoms with Gasteiger partial charge in [-0.25, -0.2) is 12.8 Å². The van der Waals surface area contributed by atoms with Crippen LogP contribution in [-0.2, 0) is 26.2 Å². The van der Waals surface area contributed by atoms with Crippen LogP contribution in [-0.4, -0.2) is 56.6 Å². The highest BCUT2D eigenvalue weighted by Crippen LogP contribution is 2.33. The third kappa shape index (κ3) is 7.83. The van der Waals surface area contributed by atoms with E-state index in [1.54, 1.807) is 26.8 Å². The molecule has 2 amide bonds. The molecule has 0 fully saturated rings.